The Labute approximate surface area is 287 Å². The highest BCUT2D eigenvalue weighted by Gasteiger charge is 2.17. The SMILES string of the molecule is O=C(OCCOCCOc1cccc(OCCOCCOC(=O)n2c3ccccc3c3ccccc32)n1)n1c2ccccc2c2ccccc21. The van der Waals surface area contributed by atoms with E-state index >= 15 is 0 Å². The van der Waals surface area contributed by atoms with E-state index in [0.717, 1.165) is 43.6 Å². The monoisotopic (exact) mass is 673 g/mol. The summed E-state index contributed by atoms with van der Waals surface area (Å²) >= 11 is 0. The molecule has 0 aliphatic rings. The predicted molar refractivity (Wildman–Crippen MR) is 189 cm³/mol. The van der Waals surface area contributed by atoms with Crippen LogP contribution in [0.2, 0.25) is 0 Å². The van der Waals surface area contributed by atoms with Crippen molar-refractivity contribution in [2.75, 3.05) is 52.9 Å². The maximum atomic E-state index is 12.9. The van der Waals surface area contributed by atoms with Crippen LogP contribution >= 0.6 is 0 Å². The van der Waals surface area contributed by atoms with E-state index in [1.54, 1.807) is 27.3 Å². The number of benzene rings is 4. The van der Waals surface area contributed by atoms with Crippen molar-refractivity contribution in [2.24, 2.45) is 0 Å². The molecule has 0 bridgehead atoms. The summed E-state index contributed by atoms with van der Waals surface area (Å²) in [5.74, 6) is 0.781. The number of pyridine rings is 1. The van der Waals surface area contributed by atoms with Gasteiger partial charge in [-0.1, -0.05) is 78.9 Å². The van der Waals surface area contributed by atoms with Gasteiger partial charge in [-0.05, 0) is 24.3 Å². The largest absolute Gasteiger partial charge is 0.475 e. The Bertz CT molecular complexity index is 2000. The van der Waals surface area contributed by atoms with Crippen LogP contribution in [0.15, 0.2) is 115 Å². The molecule has 7 rings (SSSR count). The molecule has 0 spiro atoms. The van der Waals surface area contributed by atoms with Crippen molar-refractivity contribution < 1.29 is 38.0 Å². The number of rotatable bonds is 14. The lowest BCUT2D eigenvalue weighted by molar-refractivity contribution is 0.0561. The summed E-state index contributed by atoms with van der Waals surface area (Å²) in [6.07, 6.45) is -0.903. The zero-order valence-electron chi connectivity index (χ0n) is 27.2. The Kier molecular flexibility index (Phi) is 10.1. The first-order chi connectivity index (χ1) is 24.7. The molecule has 3 heterocycles. The lowest BCUT2D eigenvalue weighted by atomic mass is 10.2. The molecule has 50 heavy (non-hydrogen) atoms. The van der Waals surface area contributed by atoms with Gasteiger partial charge in [0.2, 0.25) is 11.8 Å². The van der Waals surface area contributed by atoms with E-state index in [-0.39, 0.29) is 52.9 Å². The summed E-state index contributed by atoms with van der Waals surface area (Å²) in [7, 11) is 0. The van der Waals surface area contributed by atoms with Crippen molar-refractivity contribution in [3.63, 3.8) is 0 Å². The van der Waals surface area contributed by atoms with Gasteiger partial charge in [0.1, 0.15) is 26.4 Å². The number of aromatic nitrogens is 3. The minimum Gasteiger partial charge on any atom is -0.475 e. The standard InChI is InChI=1S/C39H35N3O8/c43-38(41-32-14-5-1-10-28(32)29-11-2-6-15-33(29)41)49-26-22-45-20-24-47-36-18-9-19-37(40-36)48-25-21-46-23-27-50-39(44)42-34-16-7-3-12-30(34)31-13-4-8-17-35(31)42/h1-19H,20-27H2. The number of fused-ring (bicyclic) bond motifs is 6. The zero-order chi connectivity index (χ0) is 34.1. The molecule has 0 radical (unpaired) electrons. The van der Waals surface area contributed by atoms with Crippen molar-refractivity contribution in [1.29, 1.82) is 0 Å². The quantitative estimate of drug-likeness (QED) is 0.109. The number of para-hydroxylation sites is 4. The molecule has 11 heteroatoms. The Morgan fingerprint density at radius 1 is 0.420 bits per heavy atom. The third kappa shape index (κ3) is 7.09. The molecule has 0 amide bonds. The number of carbonyl (C=O) groups is 2. The van der Waals surface area contributed by atoms with E-state index in [9.17, 15) is 9.59 Å². The molecule has 11 nitrogen and oxygen atoms in total. The van der Waals surface area contributed by atoms with Crippen molar-refractivity contribution in [3.05, 3.63) is 115 Å². The minimum atomic E-state index is -0.451. The third-order valence-corrected chi connectivity index (χ3v) is 8.08. The number of carbonyl (C=O) groups excluding carboxylic acids is 2. The molecule has 3 aromatic heterocycles. The molecule has 0 unspecified atom stereocenters. The van der Waals surface area contributed by atoms with Crippen LogP contribution in [0.5, 0.6) is 11.8 Å². The Balaban J connectivity index is 0.774. The molecule has 0 aliphatic heterocycles. The van der Waals surface area contributed by atoms with Crippen LogP contribution in [0.3, 0.4) is 0 Å². The highest BCUT2D eigenvalue weighted by Crippen LogP contribution is 2.30. The summed E-state index contributed by atoms with van der Waals surface area (Å²) in [6, 6.07) is 36.2. The molecular weight excluding hydrogens is 638 g/mol. The normalized spacial score (nSPS) is 11.4. The number of nitrogens with zero attached hydrogens (tertiary/aromatic N) is 3. The molecule has 0 fully saturated rings. The van der Waals surface area contributed by atoms with Gasteiger partial charge in [0.05, 0.1) is 48.5 Å². The highest BCUT2D eigenvalue weighted by atomic mass is 16.6. The Hall–Kier alpha value is -5.91. The summed E-state index contributed by atoms with van der Waals surface area (Å²) in [5.41, 5.74) is 3.20. The summed E-state index contributed by atoms with van der Waals surface area (Å²) in [5, 5.41) is 3.99. The molecule has 0 atom stereocenters. The van der Waals surface area contributed by atoms with Gasteiger partial charge in [-0.15, -0.1) is 0 Å². The topological polar surface area (TPSA) is 112 Å². The Morgan fingerprint density at radius 3 is 1.14 bits per heavy atom. The van der Waals surface area contributed by atoms with E-state index in [1.807, 2.05) is 97.1 Å². The molecular formula is C39H35N3O8. The van der Waals surface area contributed by atoms with E-state index in [2.05, 4.69) is 4.98 Å². The van der Waals surface area contributed by atoms with Crippen LogP contribution < -0.4 is 9.47 Å². The van der Waals surface area contributed by atoms with E-state index in [1.165, 1.54) is 0 Å². The van der Waals surface area contributed by atoms with E-state index in [0.29, 0.717) is 11.8 Å². The first-order valence-electron chi connectivity index (χ1n) is 16.4. The molecule has 254 valence electrons. The second-order valence-corrected chi connectivity index (χ2v) is 11.2. The van der Waals surface area contributed by atoms with Crippen molar-refractivity contribution in [3.8, 4) is 11.8 Å². The minimum absolute atomic E-state index is 0.104. The fraction of sp³-hybridized carbons (Fsp3) is 0.205. The molecule has 0 N–H and O–H groups in total. The molecule has 4 aromatic carbocycles. The van der Waals surface area contributed by atoms with Crippen molar-refractivity contribution in [2.45, 2.75) is 0 Å². The van der Waals surface area contributed by atoms with Gasteiger partial charge in [-0.3, -0.25) is 0 Å². The Morgan fingerprint density at radius 2 is 0.760 bits per heavy atom. The number of hydrogen-bond acceptors (Lipinski definition) is 9. The van der Waals surface area contributed by atoms with Gasteiger partial charge in [-0.25, -0.2) is 18.7 Å². The van der Waals surface area contributed by atoms with Gasteiger partial charge in [0.15, 0.2) is 0 Å². The zero-order valence-corrected chi connectivity index (χ0v) is 27.2. The lowest BCUT2D eigenvalue weighted by Crippen LogP contribution is -2.18. The summed E-state index contributed by atoms with van der Waals surface area (Å²) in [6.45, 7) is 1.75. The van der Waals surface area contributed by atoms with Gasteiger partial charge >= 0.3 is 12.2 Å². The molecule has 0 aliphatic carbocycles. The highest BCUT2D eigenvalue weighted by molar-refractivity contribution is 6.13. The smallest absolute Gasteiger partial charge is 0.419 e. The molecule has 7 aromatic rings. The van der Waals surface area contributed by atoms with Crippen LogP contribution in [0, 0.1) is 0 Å². The van der Waals surface area contributed by atoms with E-state index < -0.39 is 12.2 Å². The van der Waals surface area contributed by atoms with Crippen LogP contribution in [-0.2, 0) is 18.9 Å². The van der Waals surface area contributed by atoms with Crippen LogP contribution in [-0.4, -0.2) is 79.2 Å². The maximum Gasteiger partial charge on any atom is 0.419 e. The van der Waals surface area contributed by atoms with Crippen LogP contribution in [0.4, 0.5) is 9.59 Å². The van der Waals surface area contributed by atoms with Crippen molar-refractivity contribution in [1.82, 2.24) is 14.1 Å². The third-order valence-electron chi connectivity index (χ3n) is 8.08. The van der Waals surface area contributed by atoms with Gasteiger partial charge in [0, 0.05) is 33.7 Å². The lowest BCUT2D eigenvalue weighted by Gasteiger charge is -2.10. The fourth-order valence-corrected chi connectivity index (χ4v) is 5.91. The summed E-state index contributed by atoms with van der Waals surface area (Å²) < 4.78 is 36.7. The fourth-order valence-electron chi connectivity index (χ4n) is 5.91. The van der Waals surface area contributed by atoms with Crippen LogP contribution in [0.1, 0.15) is 0 Å². The molecule has 0 saturated carbocycles. The maximum absolute atomic E-state index is 12.9. The number of ether oxygens (including phenoxy) is 6. The second kappa shape index (κ2) is 15.5. The molecule has 0 saturated heterocycles. The van der Waals surface area contributed by atoms with E-state index in [4.69, 9.17) is 28.4 Å². The van der Waals surface area contributed by atoms with Gasteiger partial charge in [0.25, 0.3) is 0 Å². The van der Waals surface area contributed by atoms with Crippen LogP contribution in [0.25, 0.3) is 43.6 Å². The van der Waals surface area contributed by atoms with Crippen molar-refractivity contribution >= 4 is 55.8 Å². The predicted octanol–water partition coefficient (Wildman–Crippen LogP) is 7.46. The van der Waals surface area contributed by atoms with Gasteiger partial charge in [-0.2, -0.15) is 4.98 Å². The average molecular weight is 674 g/mol. The second-order valence-electron chi connectivity index (χ2n) is 11.2. The average Bonchev–Trinajstić information content (AvgIpc) is 3.67. The summed E-state index contributed by atoms with van der Waals surface area (Å²) in [4.78, 5) is 30.2. The first-order valence-corrected chi connectivity index (χ1v) is 16.4. The first kappa shape index (κ1) is 32.6. The van der Waals surface area contributed by atoms with Gasteiger partial charge < -0.3 is 28.4 Å². The number of hydrogen-bond donors (Lipinski definition) is 0.